The highest BCUT2D eigenvalue weighted by atomic mass is 32.2. The molecule has 1 atom stereocenters. The fourth-order valence-electron chi connectivity index (χ4n) is 2.50. The van der Waals surface area contributed by atoms with Crippen LogP contribution in [0.1, 0.15) is 42.0 Å². The number of aryl methyl sites for hydroxylation is 2. The van der Waals surface area contributed by atoms with Crippen molar-refractivity contribution in [3.8, 4) is 0 Å². The summed E-state index contributed by atoms with van der Waals surface area (Å²) in [4.78, 5) is 12.4. The molecule has 0 fully saturated rings. The second kappa shape index (κ2) is 7.17. The molecule has 0 saturated heterocycles. The maximum Gasteiger partial charge on any atom is 0.220 e. The molecule has 1 amide bonds. The van der Waals surface area contributed by atoms with E-state index in [0.29, 0.717) is 12.8 Å². The average molecular weight is 350 g/mol. The van der Waals surface area contributed by atoms with Crippen LogP contribution in [0.15, 0.2) is 33.7 Å². The summed E-state index contributed by atoms with van der Waals surface area (Å²) >= 11 is 0. The molecule has 130 valence electrons. The third-order valence-electron chi connectivity index (χ3n) is 3.97. The Morgan fingerprint density at radius 3 is 2.38 bits per heavy atom. The molecular formula is C17H22N2O4S. The van der Waals surface area contributed by atoms with E-state index in [4.69, 9.17) is 4.52 Å². The molecule has 0 bridgehead atoms. The Hall–Kier alpha value is -2.15. The quantitative estimate of drug-likeness (QED) is 0.864. The average Bonchev–Trinajstić information content (AvgIpc) is 2.83. The van der Waals surface area contributed by atoms with Crippen molar-refractivity contribution in [3.63, 3.8) is 0 Å². The Morgan fingerprint density at radius 2 is 1.88 bits per heavy atom. The maximum absolute atomic E-state index is 12.1. The second-order valence-electron chi connectivity index (χ2n) is 5.93. The van der Waals surface area contributed by atoms with Gasteiger partial charge in [-0.15, -0.1) is 0 Å². The van der Waals surface area contributed by atoms with Crippen molar-refractivity contribution in [3.05, 3.63) is 46.8 Å². The number of hydrogen-bond donors (Lipinski definition) is 1. The van der Waals surface area contributed by atoms with Crippen LogP contribution in [0.2, 0.25) is 0 Å². The van der Waals surface area contributed by atoms with Gasteiger partial charge >= 0.3 is 0 Å². The van der Waals surface area contributed by atoms with Crippen LogP contribution in [-0.4, -0.2) is 25.7 Å². The van der Waals surface area contributed by atoms with E-state index >= 15 is 0 Å². The summed E-state index contributed by atoms with van der Waals surface area (Å²) in [6.07, 6.45) is 2.09. The van der Waals surface area contributed by atoms with Crippen LogP contribution in [0.25, 0.3) is 0 Å². The lowest BCUT2D eigenvalue weighted by Crippen LogP contribution is -2.26. The predicted octanol–water partition coefficient (Wildman–Crippen LogP) is 2.50. The minimum absolute atomic E-state index is 0.0744. The van der Waals surface area contributed by atoms with Crippen molar-refractivity contribution in [2.45, 2.75) is 44.6 Å². The van der Waals surface area contributed by atoms with Crippen LogP contribution in [0, 0.1) is 13.8 Å². The van der Waals surface area contributed by atoms with Crippen molar-refractivity contribution in [2.24, 2.45) is 0 Å². The Labute approximate surface area is 142 Å². The number of nitrogens with zero attached hydrogens (tertiary/aromatic N) is 1. The number of hydrogen-bond acceptors (Lipinski definition) is 5. The molecule has 0 saturated carbocycles. The van der Waals surface area contributed by atoms with Gasteiger partial charge in [0, 0.05) is 18.2 Å². The van der Waals surface area contributed by atoms with Crippen molar-refractivity contribution in [1.29, 1.82) is 0 Å². The SMILES string of the molecule is Cc1noc(C)c1CCC(=O)N[C@@H](C)c1ccc(S(C)(=O)=O)cc1. The van der Waals surface area contributed by atoms with Crippen LogP contribution in [0.4, 0.5) is 0 Å². The van der Waals surface area contributed by atoms with Gasteiger partial charge in [-0.3, -0.25) is 4.79 Å². The summed E-state index contributed by atoms with van der Waals surface area (Å²) in [5.41, 5.74) is 2.63. The van der Waals surface area contributed by atoms with E-state index in [1.165, 1.54) is 6.26 Å². The van der Waals surface area contributed by atoms with Crippen molar-refractivity contribution in [1.82, 2.24) is 10.5 Å². The van der Waals surface area contributed by atoms with Gasteiger partial charge in [-0.25, -0.2) is 8.42 Å². The van der Waals surface area contributed by atoms with Crippen LogP contribution >= 0.6 is 0 Å². The largest absolute Gasteiger partial charge is 0.361 e. The maximum atomic E-state index is 12.1. The minimum Gasteiger partial charge on any atom is -0.361 e. The number of amides is 1. The summed E-state index contributed by atoms with van der Waals surface area (Å²) < 4.78 is 28.0. The van der Waals surface area contributed by atoms with Crippen LogP contribution < -0.4 is 5.32 Å². The highest BCUT2D eigenvalue weighted by Gasteiger charge is 2.14. The molecule has 24 heavy (non-hydrogen) atoms. The summed E-state index contributed by atoms with van der Waals surface area (Å²) in [5.74, 6) is 0.666. The first kappa shape index (κ1) is 18.2. The Bertz CT molecular complexity index is 803. The monoisotopic (exact) mass is 350 g/mol. The fraction of sp³-hybridized carbons (Fsp3) is 0.412. The van der Waals surface area contributed by atoms with Gasteiger partial charge in [0.25, 0.3) is 0 Å². The topological polar surface area (TPSA) is 89.3 Å². The van der Waals surface area contributed by atoms with Crippen LogP contribution in [0.3, 0.4) is 0 Å². The Balaban J connectivity index is 1.94. The molecule has 0 aliphatic carbocycles. The Morgan fingerprint density at radius 1 is 1.25 bits per heavy atom. The zero-order valence-electron chi connectivity index (χ0n) is 14.3. The van der Waals surface area contributed by atoms with Gasteiger partial charge < -0.3 is 9.84 Å². The van der Waals surface area contributed by atoms with E-state index in [0.717, 1.165) is 22.6 Å². The van der Waals surface area contributed by atoms with Crippen molar-refractivity contribution in [2.75, 3.05) is 6.26 Å². The first-order chi connectivity index (χ1) is 11.2. The summed E-state index contributed by atoms with van der Waals surface area (Å²) in [5, 5.41) is 6.79. The number of rotatable bonds is 6. The number of sulfone groups is 1. The number of carbonyl (C=O) groups is 1. The molecule has 0 aliphatic rings. The molecule has 1 N–H and O–H groups in total. The summed E-state index contributed by atoms with van der Waals surface area (Å²) in [6.45, 7) is 5.55. The first-order valence-electron chi connectivity index (χ1n) is 7.69. The van der Waals surface area contributed by atoms with E-state index in [-0.39, 0.29) is 16.8 Å². The van der Waals surface area contributed by atoms with Gasteiger partial charge in [0.15, 0.2) is 9.84 Å². The molecule has 2 aromatic rings. The van der Waals surface area contributed by atoms with E-state index < -0.39 is 9.84 Å². The van der Waals surface area contributed by atoms with E-state index in [2.05, 4.69) is 10.5 Å². The molecular weight excluding hydrogens is 328 g/mol. The van der Waals surface area contributed by atoms with Gasteiger partial charge in [0.2, 0.25) is 5.91 Å². The van der Waals surface area contributed by atoms with Gasteiger partial charge in [-0.2, -0.15) is 0 Å². The molecule has 0 aliphatic heterocycles. The lowest BCUT2D eigenvalue weighted by molar-refractivity contribution is -0.121. The summed E-state index contributed by atoms with van der Waals surface area (Å²) in [7, 11) is -3.21. The van der Waals surface area contributed by atoms with E-state index in [9.17, 15) is 13.2 Å². The van der Waals surface area contributed by atoms with Crippen LogP contribution in [-0.2, 0) is 21.1 Å². The highest BCUT2D eigenvalue weighted by Crippen LogP contribution is 2.17. The second-order valence-corrected chi connectivity index (χ2v) is 7.95. The van der Waals surface area contributed by atoms with E-state index in [1.807, 2.05) is 20.8 Å². The molecule has 1 aromatic carbocycles. The summed E-state index contributed by atoms with van der Waals surface area (Å²) in [6, 6.07) is 6.34. The number of benzene rings is 1. The third kappa shape index (κ3) is 4.44. The number of carbonyl (C=O) groups excluding carboxylic acids is 1. The molecule has 2 rings (SSSR count). The lowest BCUT2D eigenvalue weighted by Gasteiger charge is -2.14. The van der Waals surface area contributed by atoms with Gasteiger partial charge in [-0.05, 0) is 44.9 Å². The molecule has 1 aromatic heterocycles. The molecule has 0 radical (unpaired) electrons. The smallest absolute Gasteiger partial charge is 0.220 e. The third-order valence-corrected chi connectivity index (χ3v) is 5.10. The minimum atomic E-state index is -3.21. The Kier molecular flexibility index (Phi) is 5.43. The normalized spacial score (nSPS) is 12.8. The predicted molar refractivity (Wildman–Crippen MR) is 90.4 cm³/mol. The van der Waals surface area contributed by atoms with E-state index in [1.54, 1.807) is 24.3 Å². The lowest BCUT2D eigenvalue weighted by atomic mass is 10.1. The van der Waals surface area contributed by atoms with Gasteiger partial charge in [0.05, 0.1) is 16.6 Å². The van der Waals surface area contributed by atoms with Crippen LogP contribution in [0.5, 0.6) is 0 Å². The standard InChI is InChI=1S/C17H22N2O4S/c1-11(14-5-7-15(8-6-14)24(4,21)22)18-17(20)10-9-16-12(2)19-23-13(16)3/h5-8,11H,9-10H2,1-4H3,(H,18,20)/t11-/m0/s1. The zero-order chi connectivity index (χ0) is 17.9. The van der Waals surface area contributed by atoms with Crippen molar-refractivity contribution >= 4 is 15.7 Å². The molecule has 6 nitrogen and oxygen atoms in total. The first-order valence-corrected chi connectivity index (χ1v) is 9.58. The molecule has 1 heterocycles. The fourth-order valence-corrected chi connectivity index (χ4v) is 3.13. The highest BCUT2D eigenvalue weighted by molar-refractivity contribution is 7.90. The molecule has 7 heteroatoms. The molecule has 0 spiro atoms. The van der Waals surface area contributed by atoms with Gasteiger partial charge in [-0.1, -0.05) is 17.3 Å². The molecule has 0 unspecified atom stereocenters. The van der Waals surface area contributed by atoms with Gasteiger partial charge in [0.1, 0.15) is 5.76 Å². The number of aromatic nitrogens is 1. The number of nitrogens with one attached hydrogen (secondary N) is 1. The zero-order valence-corrected chi connectivity index (χ0v) is 15.1. The van der Waals surface area contributed by atoms with Crippen molar-refractivity contribution < 1.29 is 17.7 Å².